The van der Waals surface area contributed by atoms with Crippen molar-refractivity contribution >= 4 is 17.3 Å². The van der Waals surface area contributed by atoms with Crippen molar-refractivity contribution in [1.82, 2.24) is 24.7 Å². The SMILES string of the molecule is Cc1onc(C(=O)Nc2cnn(Cc3c(F)c(F)c(F)c(F)c3F)c2)c1Cn1cc([N+](=O)[O-])cn1. The Morgan fingerprint density at radius 3 is 2.17 bits per heavy atom. The van der Waals surface area contributed by atoms with Crippen molar-refractivity contribution in [3.63, 3.8) is 0 Å². The minimum absolute atomic E-state index is 0.0141. The van der Waals surface area contributed by atoms with Crippen molar-refractivity contribution in [3.05, 3.63) is 86.6 Å². The molecule has 0 aliphatic heterocycles. The number of amides is 1. The van der Waals surface area contributed by atoms with Crippen molar-refractivity contribution in [2.45, 2.75) is 20.0 Å². The topological polar surface area (TPSA) is 134 Å². The van der Waals surface area contributed by atoms with Crippen LogP contribution in [0, 0.1) is 46.1 Å². The van der Waals surface area contributed by atoms with Gasteiger partial charge in [0.05, 0.1) is 35.5 Å². The van der Waals surface area contributed by atoms with E-state index < -0.39 is 52.0 Å². The van der Waals surface area contributed by atoms with Crippen LogP contribution in [0.3, 0.4) is 0 Å². The molecule has 0 bridgehead atoms. The zero-order valence-corrected chi connectivity index (χ0v) is 17.4. The number of halogens is 5. The molecule has 0 spiro atoms. The number of aryl methyl sites for hydroxylation is 1. The van der Waals surface area contributed by atoms with Gasteiger partial charge in [-0.3, -0.25) is 24.3 Å². The molecule has 0 fully saturated rings. The van der Waals surface area contributed by atoms with Crippen LogP contribution in [0.25, 0.3) is 0 Å². The minimum Gasteiger partial charge on any atom is -0.361 e. The van der Waals surface area contributed by atoms with E-state index in [0.717, 1.165) is 29.5 Å². The number of benzene rings is 1. The summed E-state index contributed by atoms with van der Waals surface area (Å²) in [6.45, 7) is 0.624. The summed E-state index contributed by atoms with van der Waals surface area (Å²) >= 11 is 0. The quantitative estimate of drug-likeness (QED) is 0.136. The van der Waals surface area contributed by atoms with Gasteiger partial charge in [-0.25, -0.2) is 22.0 Å². The van der Waals surface area contributed by atoms with Crippen LogP contribution in [0.1, 0.15) is 27.4 Å². The van der Waals surface area contributed by atoms with Gasteiger partial charge in [0.25, 0.3) is 5.91 Å². The fourth-order valence-electron chi connectivity index (χ4n) is 3.11. The van der Waals surface area contributed by atoms with E-state index in [9.17, 15) is 36.9 Å². The maximum atomic E-state index is 13.9. The fourth-order valence-corrected chi connectivity index (χ4v) is 3.11. The lowest BCUT2D eigenvalue weighted by Crippen LogP contribution is -2.16. The molecule has 3 aromatic heterocycles. The average molecular weight is 497 g/mol. The molecule has 0 aliphatic rings. The Kier molecular flexibility index (Phi) is 6.02. The maximum absolute atomic E-state index is 13.9. The van der Waals surface area contributed by atoms with E-state index in [2.05, 4.69) is 20.7 Å². The summed E-state index contributed by atoms with van der Waals surface area (Å²) in [6.07, 6.45) is 4.35. The lowest BCUT2D eigenvalue weighted by atomic mass is 10.1. The molecule has 4 aromatic rings. The van der Waals surface area contributed by atoms with Gasteiger partial charge >= 0.3 is 5.69 Å². The number of nitrogens with zero attached hydrogens (tertiary/aromatic N) is 6. The fraction of sp³-hybridized carbons (Fsp3) is 0.158. The van der Waals surface area contributed by atoms with Crippen LogP contribution in [-0.2, 0) is 13.1 Å². The number of anilines is 1. The van der Waals surface area contributed by atoms with Gasteiger partial charge in [-0.15, -0.1) is 0 Å². The van der Waals surface area contributed by atoms with Crippen molar-refractivity contribution in [2.75, 3.05) is 5.32 Å². The Morgan fingerprint density at radius 2 is 1.54 bits per heavy atom. The Hall–Kier alpha value is -4.63. The van der Waals surface area contributed by atoms with Crippen LogP contribution in [0.5, 0.6) is 0 Å². The van der Waals surface area contributed by atoms with Crippen molar-refractivity contribution in [2.24, 2.45) is 0 Å². The van der Waals surface area contributed by atoms with Gasteiger partial charge in [0, 0.05) is 11.8 Å². The molecule has 11 nitrogen and oxygen atoms in total. The monoisotopic (exact) mass is 497 g/mol. The molecular weight excluding hydrogens is 485 g/mol. The first-order chi connectivity index (χ1) is 16.6. The van der Waals surface area contributed by atoms with Gasteiger partial charge in [0.15, 0.2) is 29.0 Å². The minimum atomic E-state index is -2.28. The van der Waals surface area contributed by atoms with E-state index in [1.807, 2.05) is 0 Å². The van der Waals surface area contributed by atoms with E-state index in [0.29, 0.717) is 0 Å². The molecule has 35 heavy (non-hydrogen) atoms. The molecule has 0 saturated carbocycles. The molecular formula is C19H12F5N7O4. The number of nitro groups is 1. The summed E-state index contributed by atoms with van der Waals surface area (Å²) in [5.74, 6) is -11.0. The molecule has 182 valence electrons. The Labute approximate surface area is 190 Å². The molecule has 1 N–H and O–H groups in total. The summed E-state index contributed by atoms with van der Waals surface area (Å²) in [6, 6.07) is 0. The predicted molar refractivity (Wildman–Crippen MR) is 105 cm³/mol. The second kappa shape index (κ2) is 8.96. The first-order valence-electron chi connectivity index (χ1n) is 9.53. The molecule has 0 radical (unpaired) electrons. The molecule has 16 heteroatoms. The number of hydrogen-bond acceptors (Lipinski definition) is 7. The van der Waals surface area contributed by atoms with Crippen LogP contribution >= 0.6 is 0 Å². The zero-order chi connectivity index (χ0) is 25.4. The molecule has 4 rings (SSSR count). The second-order valence-corrected chi connectivity index (χ2v) is 7.15. The van der Waals surface area contributed by atoms with Crippen LogP contribution in [0.2, 0.25) is 0 Å². The van der Waals surface area contributed by atoms with E-state index in [1.165, 1.54) is 11.6 Å². The number of rotatable bonds is 7. The van der Waals surface area contributed by atoms with Gasteiger partial charge in [0.2, 0.25) is 5.82 Å². The summed E-state index contributed by atoms with van der Waals surface area (Å²) in [5, 5.41) is 24.5. The average Bonchev–Trinajstić information content (AvgIpc) is 3.55. The van der Waals surface area contributed by atoms with Gasteiger partial charge in [-0.2, -0.15) is 10.2 Å². The number of carbonyl (C=O) groups is 1. The lowest BCUT2D eigenvalue weighted by Gasteiger charge is -2.08. The van der Waals surface area contributed by atoms with Crippen molar-refractivity contribution in [3.8, 4) is 0 Å². The summed E-state index contributed by atoms with van der Waals surface area (Å²) in [7, 11) is 0. The van der Waals surface area contributed by atoms with Crippen molar-refractivity contribution < 1.29 is 36.2 Å². The van der Waals surface area contributed by atoms with Crippen LogP contribution < -0.4 is 5.32 Å². The number of carbonyl (C=O) groups excluding carboxylic acids is 1. The van der Waals surface area contributed by atoms with Crippen LogP contribution in [0.15, 0.2) is 29.3 Å². The first-order valence-corrected chi connectivity index (χ1v) is 9.53. The number of aromatic nitrogens is 5. The highest BCUT2D eigenvalue weighted by Crippen LogP contribution is 2.24. The number of nitrogens with one attached hydrogen (secondary N) is 1. The highest BCUT2D eigenvalue weighted by molar-refractivity contribution is 6.03. The van der Waals surface area contributed by atoms with Crippen molar-refractivity contribution in [1.29, 1.82) is 0 Å². The molecule has 1 amide bonds. The largest absolute Gasteiger partial charge is 0.361 e. The lowest BCUT2D eigenvalue weighted by molar-refractivity contribution is -0.385. The molecule has 0 unspecified atom stereocenters. The second-order valence-electron chi connectivity index (χ2n) is 7.15. The van der Waals surface area contributed by atoms with Gasteiger partial charge in [0.1, 0.15) is 18.2 Å². The summed E-state index contributed by atoms with van der Waals surface area (Å²) in [5.41, 5.74) is -1.25. The Bertz CT molecular complexity index is 1430. The summed E-state index contributed by atoms with van der Waals surface area (Å²) in [4.78, 5) is 22.9. The maximum Gasteiger partial charge on any atom is 0.307 e. The van der Waals surface area contributed by atoms with E-state index >= 15 is 0 Å². The third-order valence-electron chi connectivity index (χ3n) is 4.86. The molecule has 0 atom stereocenters. The number of hydrogen-bond donors (Lipinski definition) is 1. The van der Waals surface area contributed by atoms with Gasteiger partial charge < -0.3 is 9.84 Å². The molecule has 1 aromatic carbocycles. The smallest absolute Gasteiger partial charge is 0.307 e. The molecule has 0 saturated heterocycles. The standard InChI is InChI=1S/C19H12F5N7O4/c1-8-11(6-30-5-10(3-26-30)31(33)34)18(28-35-8)19(32)27-9-2-25-29(4-9)7-12-13(20)15(22)17(24)16(23)14(12)21/h2-5H,6-7H2,1H3,(H,27,32). The Morgan fingerprint density at radius 1 is 0.971 bits per heavy atom. The van der Waals surface area contributed by atoms with Gasteiger partial charge in [-0.1, -0.05) is 5.16 Å². The zero-order valence-electron chi connectivity index (χ0n) is 17.4. The first kappa shape index (κ1) is 23.5. The van der Waals surface area contributed by atoms with Crippen LogP contribution in [-0.4, -0.2) is 35.5 Å². The third kappa shape index (κ3) is 4.44. The van der Waals surface area contributed by atoms with Gasteiger partial charge in [-0.05, 0) is 6.92 Å². The van der Waals surface area contributed by atoms with Crippen LogP contribution in [0.4, 0.5) is 33.3 Å². The Balaban J connectivity index is 1.51. The molecule has 0 aliphatic carbocycles. The normalized spacial score (nSPS) is 11.1. The summed E-state index contributed by atoms with van der Waals surface area (Å²) < 4.78 is 74.9. The van der Waals surface area contributed by atoms with E-state index in [-0.39, 0.29) is 34.9 Å². The van der Waals surface area contributed by atoms with E-state index in [1.54, 1.807) is 0 Å². The highest BCUT2D eigenvalue weighted by atomic mass is 19.2. The third-order valence-corrected chi connectivity index (χ3v) is 4.86. The molecule has 3 heterocycles. The van der Waals surface area contributed by atoms with E-state index in [4.69, 9.17) is 4.52 Å². The highest BCUT2D eigenvalue weighted by Gasteiger charge is 2.26. The predicted octanol–water partition coefficient (Wildman–Crippen LogP) is 3.33.